The summed E-state index contributed by atoms with van der Waals surface area (Å²) in [5.41, 5.74) is 2.73. The molecule has 3 aromatic rings. The van der Waals surface area contributed by atoms with Crippen molar-refractivity contribution in [2.75, 3.05) is 0 Å². The first-order chi connectivity index (χ1) is 13.3. The van der Waals surface area contributed by atoms with Crippen LogP contribution >= 0.6 is 11.6 Å². The fourth-order valence-corrected chi connectivity index (χ4v) is 3.30. The van der Waals surface area contributed by atoms with E-state index in [1.54, 1.807) is 18.2 Å². The van der Waals surface area contributed by atoms with Gasteiger partial charge in [-0.15, -0.1) is 0 Å². The topological polar surface area (TPSA) is 80.9 Å². The van der Waals surface area contributed by atoms with Crippen LogP contribution in [0.2, 0.25) is 5.02 Å². The molecule has 0 unspecified atom stereocenters. The summed E-state index contributed by atoms with van der Waals surface area (Å²) in [5, 5.41) is 38.3. The molecule has 28 heavy (non-hydrogen) atoms. The Morgan fingerprint density at radius 3 is 1.61 bits per heavy atom. The Kier molecular flexibility index (Phi) is 5.95. The van der Waals surface area contributed by atoms with Crippen molar-refractivity contribution < 1.29 is 24.8 Å². The molecule has 146 valence electrons. The Labute approximate surface area is 167 Å². The molecule has 3 rings (SSSR count). The molecule has 3 aromatic carbocycles. The number of phenols is 4. The van der Waals surface area contributed by atoms with E-state index in [2.05, 4.69) is 0 Å². The number of hydrogen-bond acceptors (Lipinski definition) is 4. The molecule has 0 bridgehead atoms. The minimum absolute atomic E-state index is 0.181. The first-order valence-electron chi connectivity index (χ1n) is 8.82. The van der Waals surface area contributed by atoms with E-state index in [0.29, 0.717) is 41.8 Å². The Hall–Kier alpha value is -2.92. The van der Waals surface area contributed by atoms with Gasteiger partial charge >= 0.3 is 0 Å². The molecule has 0 aliphatic rings. The van der Waals surface area contributed by atoms with Crippen molar-refractivity contribution >= 4 is 11.6 Å². The number of phenolic OH excluding ortho intramolecular Hbond substituents is 4. The van der Waals surface area contributed by atoms with Gasteiger partial charge in [-0.3, -0.25) is 0 Å². The predicted molar refractivity (Wildman–Crippen MR) is 106 cm³/mol. The normalized spacial score (nSPS) is 10.9. The third-order valence-corrected chi connectivity index (χ3v) is 5.01. The Morgan fingerprint density at radius 1 is 0.607 bits per heavy atom. The van der Waals surface area contributed by atoms with Crippen LogP contribution in [0.15, 0.2) is 48.5 Å². The number of rotatable bonds is 6. The van der Waals surface area contributed by atoms with Crippen molar-refractivity contribution in [3.8, 4) is 23.0 Å². The number of halogens is 2. The van der Waals surface area contributed by atoms with Crippen molar-refractivity contribution in [1.29, 1.82) is 0 Å². The number of aromatic hydroxyl groups is 4. The van der Waals surface area contributed by atoms with Crippen LogP contribution in [-0.4, -0.2) is 20.4 Å². The molecular formula is C22H20ClFO4. The molecule has 0 aliphatic heterocycles. The van der Waals surface area contributed by atoms with Gasteiger partial charge in [0, 0.05) is 5.02 Å². The molecule has 0 amide bonds. The first-order valence-corrected chi connectivity index (χ1v) is 9.20. The maximum Gasteiger partial charge on any atom is 0.157 e. The van der Waals surface area contributed by atoms with E-state index in [1.165, 1.54) is 30.3 Å². The van der Waals surface area contributed by atoms with Crippen LogP contribution < -0.4 is 0 Å². The van der Waals surface area contributed by atoms with Crippen LogP contribution in [0.1, 0.15) is 22.3 Å². The molecule has 0 saturated carbocycles. The van der Waals surface area contributed by atoms with Gasteiger partial charge in [0.05, 0.1) is 0 Å². The average Bonchev–Trinajstić information content (AvgIpc) is 2.66. The van der Waals surface area contributed by atoms with Gasteiger partial charge in [-0.1, -0.05) is 23.7 Å². The van der Waals surface area contributed by atoms with Gasteiger partial charge in [0.25, 0.3) is 0 Å². The highest BCUT2D eigenvalue weighted by atomic mass is 35.5. The standard InChI is InChI=1S/C22H20ClFO4/c23-17-11-16(6-2-14-4-8-20(26)22(28)10-14)18(24)12-15(17)5-1-13-3-7-19(25)21(27)9-13/h3-4,7-12,25-28H,1-2,5-6H2. The van der Waals surface area contributed by atoms with E-state index in [1.807, 2.05) is 0 Å². The van der Waals surface area contributed by atoms with Gasteiger partial charge in [-0.05, 0) is 84.3 Å². The summed E-state index contributed by atoms with van der Waals surface area (Å²) in [6, 6.07) is 12.1. The van der Waals surface area contributed by atoms with Crippen LogP contribution in [0.5, 0.6) is 23.0 Å². The van der Waals surface area contributed by atoms with Crippen LogP contribution in [0.4, 0.5) is 4.39 Å². The maximum absolute atomic E-state index is 14.5. The second-order valence-corrected chi connectivity index (χ2v) is 7.09. The van der Waals surface area contributed by atoms with Crippen LogP contribution in [-0.2, 0) is 25.7 Å². The highest BCUT2D eigenvalue weighted by Gasteiger charge is 2.11. The highest BCUT2D eigenvalue weighted by molar-refractivity contribution is 6.31. The summed E-state index contributed by atoms with van der Waals surface area (Å²) in [7, 11) is 0. The largest absolute Gasteiger partial charge is 0.504 e. The molecule has 0 aromatic heterocycles. The maximum atomic E-state index is 14.5. The van der Waals surface area contributed by atoms with E-state index in [9.17, 15) is 24.8 Å². The summed E-state index contributed by atoms with van der Waals surface area (Å²) in [6.07, 6.45) is 1.93. The Morgan fingerprint density at radius 2 is 1.11 bits per heavy atom. The third kappa shape index (κ3) is 4.67. The van der Waals surface area contributed by atoms with E-state index < -0.39 is 0 Å². The van der Waals surface area contributed by atoms with Crippen molar-refractivity contribution in [2.24, 2.45) is 0 Å². The molecule has 0 saturated heterocycles. The van der Waals surface area contributed by atoms with E-state index in [4.69, 9.17) is 11.6 Å². The molecule has 0 aliphatic carbocycles. The zero-order chi connectivity index (χ0) is 20.3. The fraction of sp³-hybridized carbons (Fsp3) is 0.182. The van der Waals surface area contributed by atoms with E-state index in [-0.39, 0.29) is 28.8 Å². The number of hydrogen-bond donors (Lipinski definition) is 4. The van der Waals surface area contributed by atoms with Crippen LogP contribution in [0, 0.1) is 5.82 Å². The summed E-state index contributed by atoms with van der Waals surface area (Å²) < 4.78 is 14.5. The lowest BCUT2D eigenvalue weighted by atomic mass is 9.99. The smallest absolute Gasteiger partial charge is 0.157 e. The zero-order valence-electron chi connectivity index (χ0n) is 15.0. The quantitative estimate of drug-likeness (QED) is 0.443. The molecule has 0 radical (unpaired) electrons. The lowest BCUT2D eigenvalue weighted by molar-refractivity contribution is 0.403. The van der Waals surface area contributed by atoms with E-state index >= 15 is 0 Å². The lowest BCUT2D eigenvalue weighted by Gasteiger charge is -2.10. The molecule has 0 fully saturated rings. The summed E-state index contributed by atoms with van der Waals surface area (Å²) in [5.74, 6) is -1.11. The molecule has 4 nitrogen and oxygen atoms in total. The van der Waals surface area contributed by atoms with Crippen molar-refractivity contribution in [3.05, 3.63) is 81.6 Å². The molecule has 6 heteroatoms. The van der Waals surface area contributed by atoms with Crippen molar-refractivity contribution in [1.82, 2.24) is 0 Å². The van der Waals surface area contributed by atoms with Gasteiger partial charge < -0.3 is 20.4 Å². The minimum atomic E-state index is -0.351. The zero-order valence-corrected chi connectivity index (χ0v) is 15.7. The van der Waals surface area contributed by atoms with Crippen LogP contribution in [0.25, 0.3) is 0 Å². The van der Waals surface area contributed by atoms with Gasteiger partial charge in [0.15, 0.2) is 23.0 Å². The molecular weight excluding hydrogens is 383 g/mol. The number of benzene rings is 3. The monoisotopic (exact) mass is 402 g/mol. The second kappa shape index (κ2) is 8.40. The van der Waals surface area contributed by atoms with Crippen molar-refractivity contribution in [2.45, 2.75) is 25.7 Å². The lowest BCUT2D eigenvalue weighted by Crippen LogP contribution is -1.99. The molecule has 0 heterocycles. The van der Waals surface area contributed by atoms with Gasteiger partial charge in [-0.2, -0.15) is 0 Å². The molecule has 0 spiro atoms. The van der Waals surface area contributed by atoms with Gasteiger partial charge in [0.2, 0.25) is 0 Å². The van der Waals surface area contributed by atoms with Crippen molar-refractivity contribution in [3.63, 3.8) is 0 Å². The summed E-state index contributed by atoms with van der Waals surface area (Å²) in [6.45, 7) is 0. The van der Waals surface area contributed by atoms with E-state index in [0.717, 1.165) is 11.1 Å². The van der Waals surface area contributed by atoms with Gasteiger partial charge in [0.1, 0.15) is 5.82 Å². The predicted octanol–water partition coefficient (Wildman–Crippen LogP) is 4.87. The minimum Gasteiger partial charge on any atom is -0.504 e. The third-order valence-electron chi connectivity index (χ3n) is 4.66. The van der Waals surface area contributed by atoms with Gasteiger partial charge in [-0.25, -0.2) is 4.39 Å². The first kappa shape index (κ1) is 19.8. The number of aryl methyl sites for hydroxylation is 4. The molecule has 4 N–H and O–H groups in total. The second-order valence-electron chi connectivity index (χ2n) is 6.68. The fourth-order valence-electron chi connectivity index (χ4n) is 3.02. The average molecular weight is 403 g/mol. The highest BCUT2D eigenvalue weighted by Crippen LogP contribution is 2.28. The Balaban J connectivity index is 1.67. The van der Waals surface area contributed by atoms with Crippen LogP contribution in [0.3, 0.4) is 0 Å². The summed E-state index contributed by atoms with van der Waals surface area (Å²) in [4.78, 5) is 0. The molecule has 0 atom stereocenters. The SMILES string of the molecule is Oc1ccc(CCc2cc(Cl)c(CCc3ccc(O)c(O)c3)cc2F)cc1O. The Bertz CT molecular complexity index is 923. The summed E-state index contributed by atoms with van der Waals surface area (Å²) >= 11 is 6.32.